The Morgan fingerprint density at radius 1 is 1.35 bits per heavy atom. The Hall–Kier alpha value is -0.330. The number of nitrogens with zero attached hydrogens (tertiary/aromatic N) is 1. The van der Waals surface area contributed by atoms with Crippen molar-refractivity contribution >= 4 is 0 Å². The normalized spacial score (nSPS) is 27.4. The third-order valence-electron chi connectivity index (χ3n) is 3.01. The van der Waals surface area contributed by atoms with E-state index in [0.717, 1.165) is 6.54 Å². The van der Waals surface area contributed by atoms with Crippen LogP contribution in [0.2, 0.25) is 0 Å². The molecule has 2 unspecified atom stereocenters. The summed E-state index contributed by atoms with van der Waals surface area (Å²) in [5.74, 6) is -0.319. The van der Waals surface area contributed by atoms with Crippen LogP contribution in [0.3, 0.4) is 0 Å². The molecule has 2 N–H and O–H groups in total. The van der Waals surface area contributed by atoms with Crippen molar-refractivity contribution < 1.29 is 18.3 Å². The van der Waals surface area contributed by atoms with E-state index in [-0.39, 0.29) is 18.6 Å². The van der Waals surface area contributed by atoms with E-state index in [4.69, 9.17) is 5.11 Å². The van der Waals surface area contributed by atoms with Crippen LogP contribution in [0.15, 0.2) is 0 Å². The van der Waals surface area contributed by atoms with E-state index < -0.39 is 12.6 Å². The summed E-state index contributed by atoms with van der Waals surface area (Å²) in [5, 5.41) is 11.9. The van der Waals surface area contributed by atoms with Crippen LogP contribution in [0.4, 0.5) is 13.2 Å². The summed E-state index contributed by atoms with van der Waals surface area (Å²) in [6.07, 6.45) is -3.56. The van der Waals surface area contributed by atoms with Crippen molar-refractivity contribution in [3.8, 4) is 0 Å². The van der Waals surface area contributed by atoms with Gasteiger partial charge in [0.15, 0.2) is 0 Å². The molecule has 1 aliphatic heterocycles. The molecular formula is C11H21F3N2O. The first-order valence-corrected chi connectivity index (χ1v) is 6.00. The second-order valence-corrected chi connectivity index (χ2v) is 4.87. The molecule has 0 spiro atoms. The zero-order valence-corrected chi connectivity index (χ0v) is 10.1. The Kier molecular flexibility index (Phi) is 5.69. The lowest BCUT2D eigenvalue weighted by Crippen LogP contribution is -2.48. The van der Waals surface area contributed by atoms with Gasteiger partial charge in [0.2, 0.25) is 0 Å². The molecule has 0 aromatic heterocycles. The SMILES string of the molecule is CN1CC(CC(F)(F)F)CC(NCCCO)C1. The number of aliphatic hydroxyl groups excluding tert-OH is 1. The topological polar surface area (TPSA) is 35.5 Å². The highest BCUT2D eigenvalue weighted by Crippen LogP contribution is 2.29. The van der Waals surface area contributed by atoms with Crippen molar-refractivity contribution in [3.05, 3.63) is 0 Å². The summed E-state index contributed by atoms with van der Waals surface area (Å²) >= 11 is 0. The van der Waals surface area contributed by atoms with Crippen LogP contribution in [0, 0.1) is 5.92 Å². The van der Waals surface area contributed by atoms with Gasteiger partial charge in [-0.15, -0.1) is 0 Å². The number of hydrogen-bond donors (Lipinski definition) is 2. The van der Waals surface area contributed by atoms with E-state index in [0.29, 0.717) is 25.9 Å². The van der Waals surface area contributed by atoms with Crippen LogP contribution >= 0.6 is 0 Å². The molecule has 1 aliphatic rings. The highest BCUT2D eigenvalue weighted by atomic mass is 19.4. The van der Waals surface area contributed by atoms with E-state index in [1.807, 2.05) is 11.9 Å². The largest absolute Gasteiger partial charge is 0.396 e. The maximum atomic E-state index is 12.3. The quantitative estimate of drug-likeness (QED) is 0.724. The van der Waals surface area contributed by atoms with Crippen molar-refractivity contribution in [1.29, 1.82) is 0 Å². The fourth-order valence-electron chi connectivity index (χ4n) is 2.45. The molecule has 1 fully saturated rings. The predicted molar refractivity (Wildman–Crippen MR) is 59.8 cm³/mol. The van der Waals surface area contributed by atoms with Crippen LogP contribution < -0.4 is 5.32 Å². The van der Waals surface area contributed by atoms with Crippen LogP contribution in [-0.4, -0.2) is 55.5 Å². The standard InChI is InChI=1S/C11H21F3N2O/c1-16-7-9(6-11(12,13)14)5-10(8-16)15-3-2-4-17/h9-10,15,17H,2-8H2,1H3. The molecule has 0 aliphatic carbocycles. The monoisotopic (exact) mass is 254 g/mol. The first kappa shape index (κ1) is 14.7. The van der Waals surface area contributed by atoms with Gasteiger partial charge < -0.3 is 15.3 Å². The third kappa shape index (κ3) is 6.24. The lowest BCUT2D eigenvalue weighted by Gasteiger charge is -2.36. The summed E-state index contributed by atoms with van der Waals surface area (Å²) in [5.41, 5.74) is 0. The molecule has 0 amide bonds. The fourth-order valence-corrected chi connectivity index (χ4v) is 2.45. The van der Waals surface area contributed by atoms with E-state index in [1.54, 1.807) is 0 Å². The third-order valence-corrected chi connectivity index (χ3v) is 3.01. The molecule has 0 aromatic carbocycles. The summed E-state index contributed by atoms with van der Waals surface area (Å²) in [6.45, 7) is 2.06. The molecule has 0 radical (unpaired) electrons. The highest BCUT2D eigenvalue weighted by Gasteiger charge is 2.35. The molecule has 2 atom stereocenters. The average Bonchev–Trinajstić information content (AvgIpc) is 2.14. The minimum atomic E-state index is -4.07. The smallest absolute Gasteiger partial charge is 0.389 e. The van der Waals surface area contributed by atoms with Gasteiger partial charge in [-0.3, -0.25) is 0 Å². The number of hydrogen-bond acceptors (Lipinski definition) is 3. The summed E-state index contributed by atoms with van der Waals surface area (Å²) in [6, 6.07) is 0.104. The van der Waals surface area contributed by atoms with Gasteiger partial charge in [0.05, 0.1) is 0 Å². The molecule has 3 nitrogen and oxygen atoms in total. The van der Waals surface area contributed by atoms with Gasteiger partial charge >= 0.3 is 6.18 Å². The molecule has 1 heterocycles. The number of rotatable bonds is 5. The van der Waals surface area contributed by atoms with Gasteiger partial charge in [0.25, 0.3) is 0 Å². The molecule has 17 heavy (non-hydrogen) atoms. The van der Waals surface area contributed by atoms with E-state index in [1.165, 1.54) is 0 Å². The molecule has 0 bridgehead atoms. The summed E-state index contributed by atoms with van der Waals surface area (Å²) in [4.78, 5) is 1.94. The Labute approximate surface area is 100.0 Å². The van der Waals surface area contributed by atoms with Crippen LogP contribution in [0.5, 0.6) is 0 Å². The molecule has 6 heteroatoms. The zero-order chi connectivity index (χ0) is 12.9. The number of aliphatic hydroxyl groups is 1. The number of nitrogens with one attached hydrogen (secondary N) is 1. The fraction of sp³-hybridized carbons (Fsp3) is 1.00. The van der Waals surface area contributed by atoms with Crippen LogP contribution in [0.1, 0.15) is 19.3 Å². The van der Waals surface area contributed by atoms with Crippen LogP contribution in [0.25, 0.3) is 0 Å². The molecular weight excluding hydrogens is 233 g/mol. The van der Waals surface area contributed by atoms with Gasteiger partial charge in [0.1, 0.15) is 0 Å². The van der Waals surface area contributed by atoms with Gasteiger partial charge in [0, 0.05) is 32.2 Å². The highest BCUT2D eigenvalue weighted by molar-refractivity contribution is 4.83. The maximum absolute atomic E-state index is 12.3. The minimum absolute atomic E-state index is 0.104. The number of alkyl halides is 3. The lowest BCUT2D eigenvalue weighted by atomic mass is 9.91. The van der Waals surface area contributed by atoms with Crippen molar-refractivity contribution in [3.63, 3.8) is 0 Å². The number of halogens is 3. The molecule has 0 saturated carbocycles. The van der Waals surface area contributed by atoms with E-state index in [9.17, 15) is 13.2 Å². The van der Waals surface area contributed by atoms with Crippen molar-refractivity contribution in [2.24, 2.45) is 5.92 Å². The zero-order valence-electron chi connectivity index (χ0n) is 10.1. The van der Waals surface area contributed by atoms with Gasteiger partial charge in [-0.1, -0.05) is 0 Å². The maximum Gasteiger partial charge on any atom is 0.389 e. The van der Waals surface area contributed by atoms with Gasteiger partial charge in [-0.05, 0) is 32.4 Å². The molecule has 0 aromatic rings. The Morgan fingerprint density at radius 3 is 2.65 bits per heavy atom. The first-order chi connectivity index (χ1) is 7.90. The minimum Gasteiger partial charge on any atom is -0.396 e. The molecule has 102 valence electrons. The van der Waals surface area contributed by atoms with Crippen molar-refractivity contribution in [1.82, 2.24) is 10.2 Å². The van der Waals surface area contributed by atoms with E-state index >= 15 is 0 Å². The van der Waals surface area contributed by atoms with Gasteiger partial charge in [-0.25, -0.2) is 0 Å². The number of likely N-dealkylation sites (N-methyl/N-ethyl adjacent to an activating group) is 1. The van der Waals surface area contributed by atoms with Crippen molar-refractivity contribution in [2.75, 3.05) is 33.3 Å². The Morgan fingerprint density at radius 2 is 2.06 bits per heavy atom. The number of likely N-dealkylation sites (tertiary alicyclic amines) is 1. The predicted octanol–water partition coefficient (Wildman–Crippen LogP) is 1.23. The molecule has 1 rings (SSSR count). The Balaban J connectivity index is 2.36. The second kappa shape index (κ2) is 6.56. The summed E-state index contributed by atoms with van der Waals surface area (Å²) in [7, 11) is 1.85. The summed E-state index contributed by atoms with van der Waals surface area (Å²) < 4.78 is 37.0. The average molecular weight is 254 g/mol. The van der Waals surface area contributed by atoms with Crippen LogP contribution in [-0.2, 0) is 0 Å². The van der Waals surface area contributed by atoms with Crippen molar-refractivity contribution in [2.45, 2.75) is 31.5 Å². The second-order valence-electron chi connectivity index (χ2n) is 4.87. The number of piperidine rings is 1. The van der Waals surface area contributed by atoms with Gasteiger partial charge in [-0.2, -0.15) is 13.2 Å². The lowest BCUT2D eigenvalue weighted by molar-refractivity contribution is -0.148. The Bertz CT molecular complexity index is 223. The first-order valence-electron chi connectivity index (χ1n) is 6.00. The molecule has 1 saturated heterocycles. The van der Waals surface area contributed by atoms with E-state index in [2.05, 4.69) is 5.32 Å².